The summed E-state index contributed by atoms with van der Waals surface area (Å²) in [6, 6.07) is 14.0. The molecule has 3 rings (SSSR count). The van der Waals surface area contributed by atoms with E-state index in [1.54, 1.807) is 37.3 Å². The standard InChI is InChI=1S/C23H22N2O5S2/c1-4-30-20(27)14-7-16-5-8-17(9-6-16)21-22(31-23(25-21)24-15(2)26)18-10-12-19(13-11-18)32(3,28)29/h5-14H,4H2,1-3H3,(H,24,25,26). The molecule has 166 valence electrons. The number of hydrogen-bond donors (Lipinski definition) is 1. The molecule has 0 radical (unpaired) electrons. The third-order valence-corrected chi connectivity index (χ3v) is 6.49. The lowest BCUT2D eigenvalue weighted by Crippen LogP contribution is -2.04. The summed E-state index contributed by atoms with van der Waals surface area (Å²) < 4.78 is 28.4. The number of aromatic nitrogens is 1. The van der Waals surface area contributed by atoms with E-state index in [1.165, 1.54) is 24.3 Å². The maximum absolute atomic E-state index is 11.8. The zero-order valence-corrected chi connectivity index (χ0v) is 19.4. The van der Waals surface area contributed by atoms with Crippen LogP contribution in [-0.2, 0) is 24.2 Å². The molecule has 1 N–H and O–H groups in total. The number of anilines is 1. The largest absolute Gasteiger partial charge is 0.463 e. The van der Waals surface area contributed by atoms with Crippen LogP contribution in [0.3, 0.4) is 0 Å². The predicted molar refractivity (Wildman–Crippen MR) is 126 cm³/mol. The predicted octanol–water partition coefficient (Wildman–Crippen LogP) is 4.42. The number of carbonyl (C=O) groups excluding carboxylic acids is 2. The summed E-state index contributed by atoms with van der Waals surface area (Å²) in [4.78, 5) is 28.6. The van der Waals surface area contributed by atoms with Crippen molar-refractivity contribution in [2.75, 3.05) is 18.2 Å². The third-order valence-electron chi connectivity index (χ3n) is 4.34. The van der Waals surface area contributed by atoms with Gasteiger partial charge in [0.2, 0.25) is 5.91 Å². The Balaban J connectivity index is 1.97. The molecular formula is C23H22N2O5S2. The van der Waals surface area contributed by atoms with Crippen molar-refractivity contribution in [3.05, 3.63) is 60.2 Å². The number of nitrogens with zero attached hydrogens (tertiary/aromatic N) is 1. The molecule has 1 amide bonds. The Labute approximate surface area is 190 Å². The molecule has 2 aromatic carbocycles. The van der Waals surface area contributed by atoms with E-state index in [-0.39, 0.29) is 10.8 Å². The molecule has 9 heteroatoms. The van der Waals surface area contributed by atoms with Crippen molar-refractivity contribution in [1.29, 1.82) is 0 Å². The SMILES string of the molecule is CCOC(=O)C=Cc1ccc(-c2nc(NC(C)=O)sc2-c2ccc(S(C)(=O)=O)cc2)cc1. The minimum absolute atomic E-state index is 0.229. The van der Waals surface area contributed by atoms with E-state index in [9.17, 15) is 18.0 Å². The van der Waals surface area contributed by atoms with Gasteiger partial charge in [-0.05, 0) is 36.3 Å². The first-order valence-corrected chi connectivity index (χ1v) is 12.4. The topological polar surface area (TPSA) is 102 Å². The van der Waals surface area contributed by atoms with Gasteiger partial charge in [-0.2, -0.15) is 0 Å². The van der Waals surface area contributed by atoms with E-state index < -0.39 is 15.8 Å². The summed E-state index contributed by atoms with van der Waals surface area (Å²) in [7, 11) is -3.30. The monoisotopic (exact) mass is 470 g/mol. The number of carbonyl (C=O) groups is 2. The lowest BCUT2D eigenvalue weighted by molar-refractivity contribution is -0.137. The summed E-state index contributed by atoms with van der Waals surface area (Å²) in [5, 5.41) is 3.15. The second-order valence-corrected chi connectivity index (χ2v) is 9.90. The van der Waals surface area contributed by atoms with Gasteiger partial charge in [-0.25, -0.2) is 18.2 Å². The fourth-order valence-corrected chi connectivity index (χ4v) is 4.55. The highest BCUT2D eigenvalue weighted by molar-refractivity contribution is 7.90. The van der Waals surface area contributed by atoms with E-state index in [2.05, 4.69) is 10.3 Å². The van der Waals surface area contributed by atoms with Gasteiger partial charge in [0.15, 0.2) is 15.0 Å². The molecule has 1 heterocycles. The fourth-order valence-electron chi connectivity index (χ4n) is 2.88. The highest BCUT2D eigenvalue weighted by Crippen LogP contribution is 2.39. The second kappa shape index (κ2) is 9.88. The van der Waals surface area contributed by atoms with Gasteiger partial charge in [0.05, 0.1) is 22.1 Å². The number of rotatable bonds is 7. The molecule has 1 aromatic heterocycles. The van der Waals surface area contributed by atoms with E-state index >= 15 is 0 Å². The lowest BCUT2D eigenvalue weighted by Gasteiger charge is -2.05. The van der Waals surface area contributed by atoms with Crippen LogP contribution in [0.2, 0.25) is 0 Å². The quantitative estimate of drug-likeness (QED) is 0.405. The molecule has 7 nitrogen and oxygen atoms in total. The molecular weight excluding hydrogens is 448 g/mol. The van der Waals surface area contributed by atoms with E-state index in [0.717, 1.165) is 27.8 Å². The average Bonchev–Trinajstić information content (AvgIpc) is 3.15. The van der Waals surface area contributed by atoms with Crippen LogP contribution in [0.5, 0.6) is 0 Å². The van der Waals surface area contributed by atoms with Crippen molar-refractivity contribution < 1.29 is 22.7 Å². The zero-order valence-electron chi connectivity index (χ0n) is 17.8. The number of esters is 1. The molecule has 0 fully saturated rings. The molecule has 0 saturated carbocycles. The van der Waals surface area contributed by atoms with E-state index in [0.29, 0.717) is 17.4 Å². The molecule has 0 aliphatic heterocycles. The van der Waals surface area contributed by atoms with Gasteiger partial charge in [-0.1, -0.05) is 47.7 Å². The van der Waals surface area contributed by atoms with Crippen LogP contribution >= 0.6 is 11.3 Å². The van der Waals surface area contributed by atoms with Gasteiger partial charge in [0.25, 0.3) is 0 Å². The smallest absolute Gasteiger partial charge is 0.330 e. The molecule has 0 atom stereocenters. The Morgan fingerprint density at radius 3 is 2.25 bits per heavy atom. The molecule has 0 aliphatic carbocycles. The first-order chi connectivity index (χ1) is 15.2. The highest BCUT2D eigenvalue weighted by atomic mass is 32.2. The number of amides is 1. The number of sulfone groups is 1. The summed E-state index contributed by atoms with van der Waals surface area (Å²) in [5.74, 6) is -0.639. The van der Waals surface area contributed by atoms with Crippen molar-refractivity contribution in [3.63, 3.8) is 0 Å². The molecule has 0 unspecified atom stereocenters. The number of benzene rings is 2. The first-order valence-electron chi connectivity index (χ1n) is 9.71. The van der Waals surface area contributed by atoms with Gasteiger partial charge in [-0.15, -0.1) is 0 Å². The van der Waals surface area contributed by atoms with E-state index in [4.69, 9.17) is 4.74 Å². The maximum Gasteiger partial charge on any atom is 0.330 e. The average molecular weight is 471 g/mol. The number of hydrogen-bond acceptors (Lipinski definition) is 7. The summed E-state index contributed by atoms with van der Waals surface area (Å²) in [6.45, 7) is 3.47. The van der Waals surface area contributed by atoms with Gasteiger partial charge >= 0.3 is 5.97 Å². The number of nitrogens with one attached hydrogen (secondary N) is 1. The van der Waals surface area contributed by atoms with E-state index in [1.807, 2.05) is 24.3 Å². The molecule has 0 saturated heterocycles. The second-order valence-electron chi connectivity index (χ2n) is 6.88. The summed E-state index contributed by atoms with van der Waals surface area (Å²) in [5.41, 5.74) is 3.08. The Kier molecular flexibility index (Phi) is 7.22. The third kappa shape index (κ3) is 5.89. The Bertz CT molecular complexity index is 1260. The van der Waals surface area contributed by atoms with Crippen molar-refractivity contribution in [2.45, 2.75) is 18.7 Å². The van der Waals surface area contributed by atoms with Gasteiger partial charge in [0, 0.05) is 24.8 Å². The Morgan fingerprint density at radius 2 is 1.69 bits per heavy atom. The van der Waals surface area contributed by atoms with Crippen molar-refractivity contribution in [3.8, 4) is 21.7 Å². The van der Waals surface area contributed by atoms with Gasteiger partial charge in [-0.3, -0.25) is 4.79 Å². The lowest BCUT2D eigenvalue weighted by atomic mass is 10.0. The van der Waals surface area contributed by atoms with Gasteiger partial charge < -0.3 is 10.1 Å². The van der Waals surface area contributed by atoms with Crippen LogP contribution in [0, 0.1) is 0 Å². The summed E-state index contributed by atoms with van der Waals surface area (Å²) >= 11 is 1.31. The van der Waals surface area contributed by atoms with Gasteiger partial charge in [0.1, 0.15) is 0 Å². The molecule has 0 bridgehead atoms. The molecule has 3 aromatic rings. The van der Waals surface area contributed by atoms with Crippen LogP contribution in [0.15, 0.2) is 59.5 Å². The molecule has 32 heavy (non-hydrogen) atoms. The Morgan fingerprint density at radius 1 is 1.06 bits per heavy atom. The van der Waals surface area contributed by atoms with Crippen molar-refractivity contribution in [2.24, 2.45) is 0 Å². The van der Waals surface area contributed by atoms with Crippen molar-refractivity contribution >= 4 is 44.3 Å². The zero-order chi connectivity index (χ0) is 23.3. The minimum Gasteiger partial charge on any atom is -0.463 e. The highest BCUT2D eigenvalue weighted by Gasteiger charge is 2.17. The fraction of sp³-hybridized carbons (Fsp3) is 0.174. The summed E-state index contributed by atoms with van der Waals surface area (Å²) in [6.07, 6.45) is 4.19. The number of thiazole rings is 1. The van der Waals surface area contributed by atoms with Crippen LogP contribution in [-0.4, -0.2) is 38.1 Å². The molecule has 0 aliphatic rings. The number of ether oxygens (including phenoxy) is 1. The Hall–Kier alpha value is -3.30. The van der Waals surface area contributed by atoms with Crippen molar-refractivity contribution in [1.82, 2.24) is 4.98 Å². The van der Waals surface area contributed by atoms with Crippen LogP contribution in [0.4, 0.5) is 5.13 Å². The molecule has 0 spiro atoms. The van der Waals surface area contributed by atoms with Crippen LogP contribution in [0.25, 0.3) is 27.8 Å². The van der Waals surface area contributed by atoms with Crippen LogP contribution < -0.4 is 5.32 Å². The normalized spacial score (nSPS) is 11.5. The maximum atomic E-state index is 11.8. The van der Waals surface area contributed by atoms with Crippen LogP contribution in [0.1, 0.15) is 19.4 Å². The first kappa shape index (κ1) is 23.4. The minimum atomic E-state index is -3.30.